The van der Waals surface area contributed by atoms with Crippen molar-refractivity contribution in [3.8, 4) is 17.2 Å². The molecule has 7 nitrogen and oxygen atoms in total. The van der Waals surface area contributed by atoms with Crippen LogP contribution < -0.4 is 9.47 Å². The zero-order valence-electron chi connectivity index (χ0n) is 20.9. The summed E-state index contributed by atoms with van der Waals surface area (Å²) in [5, 5.41) is 10.5. The second-order valence-corrected chi connectivity index (χ2v) is 11.8. The number of carbonyl (C=O) groups is 1. The van der Waals surface area contributed by atoms with Crippen molar-refractivity contribution < 1.29 is 27.8 Å². The molecule has 8 heteroatoms. The maximum Gasteiger partial charge on any atom is 0.231 e. The molecule has 0 unspecified atom stereocenters. The number of aromatic hydroxyl groups is 1. The summed E-state index contributed by atoms with van der Waals surface area (Å²) in [6.07, 6.45) is 5.14. The van der Waals surface area contributed by atoms with Gasteiger partial charge in [-0.3, -0.25) is 4.79 Å². The Kier molecular flexibility index (Phi) is 7.11. The zero-order chi connectivity index (χ0) is 26.0. The lowest BCUT2D eigenvalue weighted by molar-refractivity contribution is -0.130. The third kappa shape index (κ3) is 5.91. The first-order chi connectivity index (χ1) is 17.8. The van der Waals surface area contributed by atoms with Crippen molar-refractivity contribution in [2.75, 3.05) is 26.1 Å². The summed E-state index contributed by atoms with van der Waals surface area (Å²) in [6.45, 7) is 1.39. The molecule has 194 valence electrons. The highest BCUT2D eigenvalue weighted by atomic mass is 32.2. The van der Waals surface area contributed by atoms with Crippen LogP contribution in [-0.2, 0) is 46.7 Å². The van der Waals surface area contributed by atoms with Crippen molar-refractivity contribution in [3.63, 3.8) is 0 Å². The van der Waals surface area contributed by atoms with Crippen LogP contribution in [0.5, 0.6) is 17.2 Å². The van der Waals surface area contributed by atoms with Crippen molar-refractivity contribution >= 4 is 15.7 Å². The summed E-state index contributed by atoms with van der Waals surface area (Å²) in [6, 6.07) is 16.3. The van der Waals surface area contributed by atoms with Crippen LogP contribution in [0.2, 0.25) is 0 Å². The molecular weight excluding hydrogens is 490 g/mol. The fourth-order valence-corrected chi connectivity index (χ4v) is 5.61. The van der Waals surface area contributed by atoms with Gasteiger partial charge in [-0.25, -0.2) is 8.42 Å². The van der Waals surface area contributed by atoms with Gasteiger partial charge in [-0.15, -0.1) is 0 Å². The summed E-state index contributed by atoms with van der Waals surface area (Å²) >= 11 is 0. The Labute approximate surface area is 217 Å². The molecule has 0 fully saturated rings. The number of carbonyl (C=O) groups excluding carboxylic acids is 1. The van der Waals surface area contributed by atoms with Gasteiger partial charge in [-0.1, -0.05) is 24.3 Å². The van der Waals surface area contributed by atoms with E-state index in [1.807, 2.05) is 29.2 Å². The normalized spacial score (nSPS) is 15.8. The van der Waals surface area contributed by atoms with Gasteiger partial charge in [0.2, 0.25) is 12.7 Å². The van der Waals surface area contributed by atoms with Crippen LogP contribution in [0.1, 0.15) is 34.2 Å². The van der Waals surface area contributed by atoms with E-state index in [2.05, 4.69) is 0 Å². The number of phenolic OH excluding ortho intramolecular Hbond substituents is 1. The third-order valence-corrected chi connectivity index (χ3v) is 8.23. The van der Waals surface area contributed by atoms with E-state index in [1.165, 1.54) is 11.8 Å². The van der Waals surface area contributed by atoms with Crippen molar-refractivity contribution in [2.45, 2.75) is 43.4 Å². The minimum atomic E-state index is -3.28. The molecule has 0 saturated carbocycles. The standard InChI is InChI=1S/C29H31NO6S/c1-37(33,34)25-9-4-20(5-10-25)16-29(32)30-13-2-3-22-17-27-28(36-19-35-27)18-23(22)7-8-24-15-21(12-14-30)6-11-26(24)31/h4-6,9-11,15,17-18,31H,2-3,7-8,12-14,16,19H2,1H3. The van der Waals surface area contributed by atoms with Gasteiger partial charge in [0.25, 0.3) is 0 Å². The fourth-order valence-electron chi connectivity index (χ4n) is 4.98. The summed E-state index contributed by atoms with van der Waals surface area (Å²) < 4.78 is 34.7. The number of benzene rings is 3. The van der Waals surface area contributed by atoms with Crippen LogP contribution in [0.25, 0.3) is 0 Å². The summed E-state index contributed by atoms with van der Waals surface area (Å²) in [5.41, 5.74) is 5.09. The van der Waals surface area contributed by atoms with Crippen LogP contribution in [0.4, 0.5) is 0 Å². The highest BCUT2D eigenvalue weighted by molar-refractivity contribution is 7.90. The molecule has 0 spiro atoms. The predicted octanol–water partition coefficient (Wildman–Crippen LogP) is 3.87. The molecule has 37 heavy (non-hydrogen) atoms. The third-order valence-electron chi connectivity index (χ3n) is 7.11. The maximum absolute atomic E-state index is 13.3. The van der Waals surface area contributed by atoms with Crippen molar-refractivity contribution in [1.29, 1.82) is 0 Å². The number of amides is 1. The summed E-state index contributed by atoms with van der Waals surface area (Å²) in [7, 11) is -3.28. The van der Waals surface area contributed by atoms with E-state index >= 15 is 0 Å². The second-order valence-electron chi connectivity index (χ2n) is 9.76. The number of nitrogens with zero attached hydrogens (tertiary/aromatic N) is 1. The van der Waals surface area contributed by atoms with Gasteiger partial charge >= 0.3 is 0 Å². The lowest BCUT2D eigenvalue weighted by atomic mass is 9.95. The number of ether oxygens (including phenoxy) is 2. The number of rotatable bonds is 3. The second kappa shape index (κ2) is 10.5. The molecule has 0 radical (unpaired) electrons. The van der Waals surface area contributed by atoms with Crippen LogP contribution in [0.3, 0.4) is 0 Å². The van der Waals surface area contributed by atoms with Crippen molar-refractivity contribution in [1.82, 2.24) is 4.90 Å². The molecule has 2 aliphatic heterocycles. The molecule has 0 aliphatic carbocycles. The number of fused-ring (bicyclic) bond motifs is 4. The number of sulfone groups is 1. The van der Waals surface area contributed by atoms with Crippen LogP contribution in [0.15, 0.2) is 59.5 Å². The molecular formula is C29H31NO6S. The van der Waals surface area contributed by atoms with Gasteiger partial charge in [-0.2, -0.15) is 0 Å². The van der Waals surface area contributed by atoms with E-state index in [4.69, 9.17) is 9.47 Å². The molecule has 2 heterocycles. The Morgan fingerprint density at radius 2 is 1.54 bits per heavy atom. The fraction of sp³-hybridized carbons (Fsp3) is 0.345. The van der Waals surface area contributed by atoms with Gasteiger partial charge in [0, 0.05) is 19.3 Å². The van der Waals surface area contributed by atoms with Gasteiger partial charge in [-0.05, 0) is 90.3 Å². The molecule has 2 bridgehead atoms. The maximum atomic E-state index is 13.3. The molecule has 3 aromatic rings. The first-order valence-electron chi connectivity index (χ1n) is 12.6. The zero-order valence-corrected chi connectivity index (χ0v) is 21.7. The van der Waals surface area contributed by atoms with E-state index in [9.17, 15) is 18.3 Å². The lowest BCUT2D eigenvalue weighted by Crippen LogP contribution is -2.35. The lowest BCUT2D eigenvalue weighted by Gasteiger charge is -2.23. The highest BCUT2D eigenvalue weighted by Gasteiger charge is 2.20. The van der Waals surface area contributed by atoms with Gasteiger partial charge in [0.05, 0.1) is 11.3 Å². The summed E-state index contributed by atoms with van der Waals surface area (Å²) in [4.78, 5) is 15.5. The SMILES string of the molecule is CS(=O)(=O)c1ccc(CC(=O)N2CCCc3cc4c(cc3CCc3cc(ccc3O)CC2)OCO4)cc1. The number of aryl methyl sites for hydroxylation is 3. The summed E-state index contributed by atoms with van der Waals surface area (Å²) in [5.74, 6) is 1.79. The molecule has 3 aromatic carbocycles. The Morgan fingerprint density at radius 3 is 2.24 bits per heavy atom. The number of hydrogen-bond acceptors (Lipinski definition) is 6. The van der Waals surface area contributed by atoms with Crippen LogP contribution >= 0.6 is 0 Å². The Morgan fingerprint density at radius 1 is 0.865 bits per heavy atom. The monoisotopic (exact) mass is 521 g/mol. The number of phenols is 1. The van der Waals surface area contributed by atoms with E-state index in [0.717, 1.165) is 53.0 Å². The molecule has 1 N–H and O–H groups in total. The molecule has 0 saturated heterocycles. The molecule has 1 amide bonds. The van der Waals surface area contributed by atoms with Crippen molar-refractivity contribution in [3.05, 3.63) is 82.4 Å². The molecule has 5 rings (SSSR count). The topological polar surface area (TPSA) is 93.1 Å². The Hall–Kier alpha value is -3.52. The quantitative estimate of drug-likeness (QED) is 0.563. The Balaban J connectivity index is 1.38. The van der Waals surface area contributed by atoms with E-state index in [0.29, 0.717) is 25.9 Å². The highest BCUT2D eigenvalue weighted by Crippen LogP contribution is 2.36. The largest absolute Gasteiger partial charge is 0.508 e. The first-order valence-corrected chi connectivity index (χ1v) is 14.4. The van der Waals surface area contributed by atoms with E-state index in [1.54, 1.807) is 30.3 Å². The van der Waals surface area contributed by atoms with Gasteiger partial charge in [0.15, 0.2) is 21.3 Å². The smallest absolute Gasteiger partial charge is 0.231 e. The first kappa shape index (κ1) is 25.1. The number of hydrogen-bond donors (Lipinski definition) is 1. The van der Waals surface area contributed by atoms with E-state index in [-0.39, 0.29) is 29.8 Å². The molecule has 0 atom stereocenters. The van der Waals surface area contributed by atoms with Crippen LogP contribution in [0, 0.1) is 0 Å². The van der Waals surface area contributed by atoms with Gasteiger partial charge in [0.1, 0.15) is 5.75 Å². The van der Waals surface area contributed by atoms with Crippen molar-refractivity contribution in [2.24, 2.45) is 0 Å². The molecule has 0 aromatic heterocycles. The van der Waals surface area contributed by atoms with Gasteiger partial charge < -0.3 is 19.5 Å². The predicted molar refractivity (Wildman–Crippen MR) is 140 cm³/mol. The average molecular weight is 522 g/mol. The Bertz CT molecular complexity index is 1420. The molecule has 2 aliphatic rings. The van der Waals surface area contributed by atoms with Crippen LogP contribution in [-0.4, -0.2) is 50.5 Å². The van der Waals surface area contributed by atoms with E-state index < -0.39 is 9.84 Å². The minimum absolute atomic E-state index is 0.00638. The average Bonchev–Trinajstić information content (AvgIpc) is 3.32. The minimum Gasteiger partial charge on any atom is -0.508 e.